The molecule has 1 aromatic rings. The van der Waals surface area contributed by atoms with Crippen molar-refractivity contribution in [2.75, 3.05) is 19.6 Å². The molecule has 0 saturated carbocycles. The van der Waals surface area contributed by atoms with Gasteiger partial charge < -0.3 is 19.8 Å². The third-order valence-electron chi connectivity index (χ3n) is 3.39. The Kier molecular flexibility index (Phi) is 4.91. The summed E-state index contributed by atoms with van der Waals surface area (Å²) in [6.07, 6.45) is 3.49. The highest BCUT2D eigenvalue weighted by molar-refractivity contribution is 5.74. The molecule has 2 N–H and O–H groups in total. The molecule has 0 aliphatic carbocycles. The van der Waals surface area contributed by atoms with Gasteiger partial charge in [0, 0.05) is 32.5 Å². The number of carbonyl (C=O) groups excluding carboxylic acids is 1. The van der Waals surface area contributed by atoms with Gasteiger partial charge in [-0.15, -0.1) is 0 Å². The number of hydrogen-bond acceptors (Lipinski definition) is 5. The van der Waals surface area contributed by atoms with Crippen molar-refractivity contribution in [1.82, 2.24) is 20.4 Å². The second-order valence-corrected chi connectivity index (χ2v) is 4.85. The Labute approximate surface area is 116 Å². The lowest BCUT2D eigenvalue weighted by atomic mass is 9.94. The smallest absolute Gasteiger partial charge is 0.317 e. The molecule has 2 rings (SSSR count). The second-order valence-electron chi connectivity index (χ2n) is 4.85. The predicted octanol–water partition coefficient (Wildman–Crippen LogP) is 0.508. The molecular weight excluding hydrogens is 264 g/mol. The number of carbonyl (C=O) groups is 2. The Bertz CT molecular complexity index is 440. The van der Waals surface area contributed by atoms with Gasteiger partial charge in [0.15, 0.2) is 6.33 Å². The van der Waals surface area contributed by atoms with Gasteiger partial charge in [0.1, 0.15) is 0 Å². The molecule has 0 unspecified atom stereocenters. The number of aliphatic carboxylic acids is 1. The van der Waals surface area contributed by atoms with Crippen LogP contribution in [0.4, 0.5) is 4.79 Å². The highest BCUT2D eigenvalue weighted by Gasteiger charge is 2.24. The van der Waals surface area contributed by atoms with Crippen molar-refractivity contribution in [1.29, 1.82) is 0 Å². The summed E-state index contributed by atoms with van der Waals surface area (Å²) in [5.41, 5.74) is 0. The molecule has 0 aromatic carbocycles. The van der Waals surface area contributed by atoms with Crippen LogP contribution in [0.1, 0.15) is 25.2 Å². The summed E-state index contributed by atoms with van der Waals surface area (Å²) in [5, 5.41) is 15.0. The second kappa shape index (κ2) is 6.88. The molecule has 1 saturated heterocycles. The SMILES string of the molecule is O=C(O)CC1CCN(C(=O)NCCc2ncno2)CC1. The van der Waals surface area contributed by atoms with Crippen LogP contribution in [0.3, 0.4) is 0 Å². The Balaban J connectivity index is 1.65. The first-order valence-corrected chi connectivity index (χ1v) is 6.65. The molecule has 8 heteroatoms. The van der Waals surface area contributed by atoms with Gasteiger partial charge in [-0.3, -0.25) is 4.79 Å². The maximum Gasteiger partial charge on any atom is 0.317 e. The highest BCUT2D eigenvalue weighted by Crippen LogP contribution is 2.20. The minimum atomic E-state index is -0.771. The van der Waals surface area contributed by atoms with Crippen LogP contribution in [0.2, 0.25) is 0 Å². The number of piperidine rings is 1. The van der Waals surface area contributed by atoms with Gasteiger partial charge in [0.05, 0.1) is 0 Å². The number of aromatic nitrogens is 2. The van der Waals surface area contributed by atoms with E-state index in [-0.39, 0.29) is 18.4 Å². The van der Waals surface area contributed by atoms with E-state index in [1.165, 1.54) is 6.33 Å². The van der Waals surface area contributed by atoms with E-state index in [0.29, 0.717) is 31.9 Å². The van der Waals surface area contributed by atoms with Crippen LogP contribution in [0.25, 0.3) is 0 Å². The average Bonchev–Trinajstić information content (AvgIpc) is 2.92. The Morgan fingerprint density at radius 1 is 1.45 bits per heavy atom. The van der Waals surface area contributed by atoms with E-state index in [1.54, 1.807) is 4.90 Å². The molecule has 1 fully saturated rings. The molecule has 110 valence electrons. The molecule has 2 heterocycles. The Morgan fingerprint density at radius 2 is 2.20 bits per heavy atom. The normalized spacial score (nSPS) is 16.1. The zero-order valence-electron chi connectivity index (χ0n) is 11.1. The van der Waals surface area contributed by atoms with Crippen LogP contribution in [0, 0.1) is 5.92 Å². The zero-order valence-corrected chi connectivity index (χ0v) is 11.1. The van der Waals surface area contributed by atoms with Crippen LogP contribution < -0.4 is 5.32 Å². The molecule has 0 spiro atoms. The third-order valence-corrected chi connectivity index (χ3v) is 3.39. The van der Waals surface area contributed by atoms with E-state index in [9.17, 15) is 9.59 Å². The summed E-state index contributed by atoms with van der Waals surface area (Å²) >= 11 is 0. The van der Waals surface area contributed by atoms with E-state index >= 15 is 0 Å². The predicted molar refractivity (Wildman–Crippen MR) is 68.0 cm³/mol. The summed E-state index contributed by atoms with van der Waals surface area (Å²) in [5.74, 6) is -0.104. The van der Waals surface area contributed by atoms with Gasteiger partial charge >= 0.3 is 12.0 Å². The van der Waals surface area contributed by atoms with Crippen LogP contribution in [-0.2, 0) is 11.2 Å². The molecule has 1 aromatic heterocycles. The van der Waals surface area contributed by atoms with Crippen molar-refractivity contribution in [3.63, 3.8) is 0 Å². The highest BCUT2D eigenvalue weighted by atomic mass is 16.5. The van der Waals surface area contributed by atoms with Crippen molar-refractivity contribution in [2.24, 2.45) is 5.92 Å². The molecule has 8 nitrogen and oxygen atoms in total. The number of nitrogens with one attached hydrogen (secondary N) is 1. The number of nitrogens with zero attached hydrogens (tertiary/aromatic N) is 3. The fourth-order valence-corrected chi connectivity index (χ4v) is 2.28. The number of urea groups is 1. The summed E-state index contributed by atoms with van der Waals surface area (Å²) in [6, 6.07) is -0.127. The van der Waals surface area contributed by atoms with E-state index in [2.05, 4.69) is 15.5 Å². The average molecular weight is 282 g/mol. The zero-order chi connectivity index (χ0) is 14.4. The lowest BCUT2D eigenvalue weighted by Gasteiger charge is -2.31. The Morgan fingerprint density at radius 3 is 2.80 bits per heavy atom. The largest absolute Gasteiger partial charge is 0.481 e. The number of hydrogen-bond donors (Lipinski definition) is 2. The summed E-state index contributed by atoms with van der Waals surface area (Å²) in [4.78, 5) is 28.1. The van der Waals surface area contributed by atoms with Crippen molar-refractivity contribution < 1.29 is 19.2 Å². The number of amides is 2. The topological polar surface area (TPSA) is 109 Å². The van der Waals surface area contributed by atoms with Crippen molar-refractivity contribution in [3.05, 3.63) is 12.2 Å². The first-order chi connectivity index (χ1) is 9.65. The first kappa shape index (κ1) is 14.3. The maximum absolute atomic E-state index is 11.9. The van der Waals surface area contributed by atoms with E-state index < -0.39 is 5.97 Å². The minimum absolute atomic E-state index is 0.127. The van der Waals surface area contributed by atoms with Crippen molar-refractivity contribution in [2.45, 2.75) is 25.7 Å². The lowest BCUT2D eigenvalue weighted by Crippen LogP contribution is -2.45. The van der Waals surface area contributed by atoms with Crippen LogP contribution in [0.15, 0.2) is 10.9 Å². The van der Waals surface area contributed by atoms with E-state index in [0.717, 1.165) is 12.8 Å². The number of carboxylic acids is 1. The standard InChI is InChI=1S/C12H18N4O4/c17-11(18)7-9-2-5-16(6-3-9)12(19)13-4-1-10-14-8-15-20-10/h8-9H,1-7H2,(H,13,19)(H,17,18). The third kappa shape index (κ3) is 4.22. The first-order valence-electron chi connectivity index (χ1n) is 6.65. The fourth-order valence-electron chi connectivity index (χ4n) is 2.28. The number of rotatable bonds is 5. The lowest BCUT2D eigenvalue weighted by molar-refractivity contribution is -0.138. The Hall–Kier alpha value is -2.12. The molecule has 0 bridgehead atoms. The van der Waals surface area contributed by atoms with E-state index in [1.807, 2.05) is 0 Å². The van der Waals surface area contributed by atoms with Gasteiger partial charge in [-0.2, -0.15) is 4.98 Å². The monoisotopic (exact) mass is 282 g/mol. The van der Waals surface area contributed by atoms with E-state index in [4.69, 9.17) is 9.63 Å². The van der Waals surface area contributed by atoms with Crippen molar-refractivity contribution in [3.8, 4) is 0 Å². The van der Waals surface area contributed by atoms with Gasteiger partial charge in [-0.05, 0) is 18.8 Å². The fraction of sp³-hybridized carbons (Fsp3) is 0.667. The van der Waals surface area contributed by atoms with Gasteiger partial charge in [0.25, 0.3) is 0 Å². The van der Waals surface area contributed by atoms with Gasteiger partial charge in [-0.1, -0.05) is 5.16 Å². The molecule has 1 aliphatic rings. The number of likely N-dealkylation sites (tertiary alicyclic amines) is 1. The molecule has 0 atom stereocenters. The minimum Gasteiger partial charge on any atom is -0.481 e. The number of carboxylic acid groups (broad SMARTS) is 1. The van der Waals surface area contributed by atoms with Crippen LogP contribution in [0.5, 0.6) is 0 Å². The van der Waals surface area contributed by atoms with Crippen LogP contribution in [-0.4, -0.2) is 51.8 Å². The summed E-state index contributed by atoms with van der Waals surface area (Å²) < 4.78 is 4.83. The summed E-state index contributed by atoms with van der Waals surface area (Å²) in [7, 11) is 0. The molecule has 20 heavy (non-hydrogen) atoms. The maximum atomic E-state index is 11.9. The van der Waals surface area contributed by atoms with Gasteiger partial charge in [-0.25, -0.2) is 4.79 Å². The quantitative estimate of drug-likeness (QED) is 0.814. The molecule has 2 amide bonds. The molecular formula is C12H18N4O4. The van der Waals surface area contributed by atoms with Crippen molar-refractivity contribution >= 4 is 12.0 Å². The summed E-state index contributed by atoms with van der Waals surface area (Å²) in [6.45, 7) is 1.64. The molecule has 1 aliphatic heterocycles. The van der Waals surface area contributed by atoms with Crippen LogP contribution >= 0.6 is 0 Å². The van der Waals surface area contributed by atoms with Gasteiger partial charge in [0.2, 0.25) is 5.89 Å². The molecule has 0 radical (unpaired) electrons.